The number of methoxy groups -OCH3 is 2. The number of aldehydes is 1. The van der Waals surface area contributed by atoms with Crippen LogP contribution in [0.25, 0.3) is 11.0 Å². The lowest BCUT2D eigenvalue weighted by atomic mass is 10.0. The third-order valence-corrected chi connectivity index (χ3v) is 2.76. The van der Waals surface area contributed by atoms with Crippen molar-refractivity contribution in [1.82, 2.24) is 0 Å². The molecule has 0 saturated carbocycles. The van der Waals surface area contributed by atoms with Crippen molar-refractivity contribution in [2.45, 2.75) is 6.92 Å². The molecule has 0 aliphatic rings. The molecule has 2 aromatic rings. The zero-order chi connectivity index (χ0) is 15.3. The van der Waals surface area contributed by atoms with Crippen molar-refractivity contribution >= 4 is 23.2 Å². The minimum Gasteiger partial charge on any atom is -0.496 e. The largest absolute Gasteiger partial charge is 0.496 e. The van der Waals surface area contributed by atoms with Gasteiger partial charge in [-0.2, -0.15) is 0 Å². The van der Waals surface area contributed by atoms with Gasteiger partial charge in [-0.1, -0.05) is 0 Å². The highest BCUT2D eigenvalue weighted by Crippen LogP contribution is 2.33. The molecular formula is C14H16O6. The van der Waals surface area contributed by atoms with Crippen molar-refractivity contribution in [3.8, 4) is 5.75 Å². The summed E-state index contributed by atoms with van der Waals surface area (Å²) in [6, 6.07) is 3.27. The lowest BCUT2D eigenvalue weighted by molar-refractivity contribution is 0.0600. The van der Waals surface area contributed by atoms with Gasteiger partial charge < -0.3 is 19.0 Å². The number of aliphatic hydroxyl groups is 1. The maximum atomic E-state index is 11.7. The summed E-state index contributed by atoms with van der Waals surface area (Å²) in [5.74, 6) is 0.263. The van der Waals surface area contributed by atoms with Crippen LogP contribution in [0.1, 0.15) is 26.5 Å². The Morgan fingerprint density at radius 3 is 2.45 bits per heavy atom. The van der Waals surface area contributed by atoms with Gasteiger partial charge in [0.2, 0.25) is 0 Å². The van der Waals surface area contributed by atoms with Gasteiger partial charge in [0.1, 0.15) is 22.7 Å². The van der Waals surface area contributed by atoms with Gasteiger partial charge in [0.25, 0.3) is 0 Å². The topological polar surface area (TPSA) is 86.0 Å². The van der Waals surface area contributed by atoms with Crippen LogP contribution in [0.2, 0.25) is 0 Å². The number of hydrogen-bond donors (Lipinski definition) is 1. The molecule has 0 atom stereocenters. The molecule has 0 amide bonds. The summed E-state index contributed by atoms with van der Waals surface area (Å²) >= 11 is 0. The number of esters is 1. The summed E-state index contributed by atoms with van der Waals surface area (Å²) in [6.45, 7) is 1.65. The number of carbonyl (C=O) groups excluding carboxylic acids is 2. The Hall–Kier alpha value is -2.34. The summed E-state index contributed by atoms with van der Waals surface area (Å²) in [4.78, 5) is 22.9. The normalized spacial score (nSPS) is 9.65. The fourth-order valence-corrected chi connectivity index (χ4v) is 1.96. The Bertz CT molecular complexity index is 626. The van der Waals surface area contributed by atoms with E-state index in [9.17, 15) is 9.59 Å². The third kappa shape index (κ3) is 2.50. The lowest BCUT2D eigenvalue weighted by Crippen LogP contribution is -2.03. The van der Waals surface area contributed by atoms with Gasteiger partial charge in [-0.15, -0.1) is 0 Å². The molecule has 0 aliphatic heterocycles. The van der Waals surface area contributed by atoms with E-state index in [0.717, 1.165) is 7.11 Å². The summed E-state index contributed by atoms with van der Waals surface area (Å²) in [6.07, 6.45) is 0.641. The second-order valence-electron chi connectivity index (χ2n) is 3.70. The predicted octanol–water partition coefficient (Wildman–Crippen LogP) is 1.96. The Labute approximate surface area is 115 Å². The van der Waals surface area contributed by atoms with Crippen LogP contribution in [0, 0.1) is 6.92 Å². The van der Waals surface area contributed by atoms with Crippen LogP contribution in [0.5, 0.6) is 5.75 Å². The number of furan rings is 1. The molecule has 20 heavy (non-hydrogen) atoms. The van der Waals surface area contributed by atoms with E-state index >= 15 is 0 Å². The van der Waals surface area contributed by atoms with Crippen LogP contribution >= 0.6 is 0 Å². The van der Waals surface area contributed by atoms with Crippen molar-refractivity contribution in [1.29, 1.82) is 0 Å². The van der Waals surface area contributed by atoms with E-state index in [1.54, 1.807) is 19.1 Å². The predicted molar refractivity (Wildman–Crippen MR) is 72.4 cm³/mol. The zero-order valence-corrected chi connectivity index (χ0v) is 11.7. The van der Waals surface area contributed by atoms with E-state index in [1.165, 1.54) is 14.2 Å². The van der Waals surface area contributed by atoms with Gasteiger partial charge in [0, 0.05) is 12.5 Å². The highest BCUT2D eigenvalue weighted by atomic mass is 16.5. The van der Waals surface area contributed by atoms with Gasteiger partial charge in [0.15, 0.2) is 6.29 Å². The number of ether oxygens (including phenoxy) is 2. The second-order valence-corrected chi connectivity index (χ2v) is 3.70. The van der Waals surface area contributed by atoms with Gasteiger partial charge in [0.05, 0.1) is 19.8 Å². The monoisotopic (exact) mass is 280 g/mol. The molecule has 0 unspecified atom stereocenters. The molecule has 0 radical (unpaired) electrons. The molecule has 1 heterocycles. The standard InChI is InChI=1S/C13H12O5.CH4O/c1-7-11(13(15)17-3)12-8(6-14)9(16-2)4-5-10(12)18-7;1-2/h4-6H,1-3H3;2H,1H3. The SMILES string of the molecule is CO.COC(=O)c1c(C)oc2ccc(OC)c(C=O)c12. The first kappa shape index (κ1) is 15.7. The first-order chi connectivity index (χ1) is 9.63. The third-order valence-electron chi connectivity index (χ3n) is 2.76. The number of carbonyl (C=O) groups is 2. The van der Waals surface area contributed by atoms with E-state index in [4.69, 9.17) is 19.0 Å². The minimum atomic E-state index is -0.539. The summed E-state index contributed by atoms with van der Waals surface area (Å²) in [5, 5.41) is 7.42. The maximum absolute atomic E-state index is 11.7. The molecule has 0 aliphatic carbocycles. The highest BCUT2D eigenvalue weighted by molar-refractivity contribution is 6.11. The van der Waals surface area contributed by atoms with Crippen molar-refractivity contribution in [3.05, 3.63) is 29.0 Å². The summed E-state index contributed by atoms with van der Waals surface area (Å²) < 4.78 is 15.2. The Balaban J connectivity index is 0.000000956. The number of aliphatic hydroxyl groups excluding tert-OH is 1. The molecule has 0 bridgehead atoms. The van der Waals surface area contributed by atoms with Crippen LogP contribution in [-0.4, -0.2) is 38.7 Å². The smallest absolute Gasteiger partial charge is 0.342 e. The van der Waals surface area contributed by atoms with Crippen LogP contribution < -0.4 is 4.74 Å². The number of rotatable bonds is 3. The Kier molecular flexibility index (Phi) is 5.28. The molecule has 2 rings (SSSR count). The molecule has 1 aromatic heterocycles. The lowest BCUT2D eigenvalue weighted by Gasteiger charge is -2.04. The first-order valence-electron chi connectivity index (χ1n) is 5.72. The molecule has 0 saturated heterocycles. The van der Waals surface area contributed by atoms with Crippen LogP contribution in [-0.2, 0) is 4.74 Å². The molecule has 6 nitrogen and oxygen atoms in total. The average molecular weight is 280 g/mol. The molecule has 108 valence electrons. The van der Waals surface area contributed by atoms with Gasteiger partial charge in [-0.05, 0) is 19.1 Å². The van der Waals surface area contributed by atoms with Crippen molar-refractivity contribution in [2.75, 3.05) is 21.3 Å². The van der Waals surface area contributed by atoms with Gasteiger partial charge in [-0.3, -0.25) is 4.79 Å². The number of fused-ring (bicyclic) bond motifs is 1. The van der Waals surface area contributed by atoms with Gasteiger partial charge in [-0.25, -0.2) is 4.79 Å². The summed E-state index contributed by atoms with van der Waals surface area (Å²) in [5.41, 5.74) is 0.997. The van der Waals surface area contributed by atoms with Crippen molar-refractivity contribution in [2.24, 2.45) is 0 Å². The van der Waals surface area contributed by atoms with E-state index in [2.05, 4.69) is 0 Å². The first-order valence-corrected chi connectivity index (χ1v) is 5.72. The summed E-state index contributed by atoms with van der Waals surface area (Å²) in [7, 11) is 3.74. The van der Waals surface area contributed by atoms with Crippen LogP contribution in [0.4, 0.5) is 0 Å². The molecule has 0 spiro atoms. The quantitative estimate of drug-likeness (QED) is 0.683. The number of hydrogen-bond acceptors (Lipinski definition) is 6. The highest BCUT2D eigenvalue weighted by Gasteiger charge is 2.23. The minimum absolute atomic E-state index is 0.258. The second kappa shape index (κ2) is 6.72. The maximum Gasteiger partial charge on any atom is 0.342 e. The molecule has 1 aromatic carbocycles. The Morgan fingerprint density at radius 2 is 1.95 bits per heavy atom. The van der Waals surface area contributed by atoms with Gasteiger partial charge >= 0.3 is 5.97 Å². The zero-order valence-electron chi connectivity index (χ0n) is 11.7. The number of benzene rings is 1. The van der Waals surface area contributed by atoms with E-state index in [0.29, 0.717) is 28.8 Å². The fourth-order valence-electron chi connectivity index (χ4n) is 1.96. The average Bonchev–Trinajstić information content (AvgIpc) is 2.83. The van der Waals surface area contributed by atoms with Crippen molar-refractivity contribution in [3.63, 3.8) is 0 Å². The van der Waals surface area contributed by atoms with Crippen molar-refractivity contribution < 1.29 is 28.6 Å². The molecular weight excluding hydrogens is 264 g/mol. The van der Waals surface area contributed by atoms with Crippen LogP contribution in [0.15, 0.2) is 16.5 Å². The van der Waals surface area contributed by atoms with Crippen LogP contribution in [0.3, 0.4) is 0 Å². The molecule has 0 fully saturated rings. The van der Waals surface area contributed by atoms with E-state index < -0.39 is 5.97 Å². The molecule has 6 heteroatoms. The Morgan fingerprint density at radius 1 is 1.30 bits per heavy atom. The van der Waals surface area contributed by atoms with E-state index in [-0.39, 0.29) is 11.1 Å². The molecule has 1 N–H and O–H groups in total. The van der Waals surface area contributed by atoms with E-state index in [1.807, 2.05) is 0 Å². The fraction of sp³-hybridized carbons (Fsp3) is 0.286. The number of aryl methyl sites for hydroxylation is 1.